The Hall–Kier alpha value is -1.48. The molecular weight excluding hydrogens is 283 g/mol. The van der Waals surface area contributed by atoms with E-state index in [0.29, 0.717) is 15.6 Å². The highest BCUT2D eigenvalue weighted by molar-refractivity contribution is 9.10. The van der Waals surface area contributed by atoms with Crippen LogP contribution in [0.4, 0.5) is 4.39 Å². The van der Waals surface area contributed by atoms with Gasteiger partial charge in [0.2, 0.25) is 0 Å². The average Bonchev–Trinajstić information content (AvgIpc) is 2.26. The van der Waals surface area contributed by atoms with Crippen molar-refractivity contribution in [3.8, 4) is 0 Å². The summed E-state index contributed by atoms with van der Waals surface area (Å²) in [5.41, 5.74) is 1.93. The minimum Gasteiger partial charge on any atom is -0.289 e. The molecule has 0 amide bonds. The number of rotatable bonds is 2. The first-order valence-corrected chi connectivity index (χ1v) is 5.93. The minimum absolute atomic E-state index is 0.172. The van der Waals surface area contributed by atoms with Crippen LogP contribution in [0, 0.1) is 12.7 Å². The summed E-state index contributed by atoms with van der Waals surface area (Å²) in [5, 5.41) is 0. The Balaban J connectivity index is 2.43. The fourth-order valence-corrected chi connectivity index (χ4v) is 2.10. The molecule has 0 aliphatic carbocycles. The third kappa shape index (κ3) is 2.80. The van der Waals surface area contributed by atoms with E-state index in [2.05, 4.69) is 15.9 Å². The summed E-state index contributed by atoms with van der Waals surface area (Å²) in [4.78, 5) is 12.1. The van der Waals surface area contributed by atoms with E-state index in [0.717, 1.165) is 5.56 Å². The highest BCUT2D eigenvalue weighted by atomic mass is 79.9. The van der Waals surface area contributed by atoms with Crippen LogP contribution in [0.1, 0.15) is 21.5 Å². The largest absolute Gasteiger partial charge is 0.289 e. The van der Waals surface area contributed by atoms with Gasteiger partial charge in [0, 0.05) is 15.6 Å². The normalized spacial score (nSPS) is 10.3. The quantitative estimate of drug-likeness (QED) is 0.761. The van der Waals surface area contributed by atoms with E-state index in [1.54, 1.807) is 18.2 Å². The van der Waals surface area contributed by atoms with Crippen molar-refractivity contribution in [1.29, 1.82) is 0 Å². The maximum Gasteiger partial charge on any atom is 0.193 e. The van der Waals surface area contributed by atoms with Gasteiger partial charge in [0.15, 0.2) is 5.78 Å². The summed E-state index contributed by atoms with van der Waals surface area (Å²) in [7, 11) is 0. The van der Waals surface area contributed by atoms with Gasteiger partial charge in [-0.3, -0.25) is 4.79 Å². The zero-order valence-electron chi connectivity index (χ0n) is 9.21. The lowest BCUT2D eigenvalue weighted by molar-refractivity contribution is 0.103. The molecule has 0 heterocycles. The van der Waals surface area contributed by atoms with E-state index >= 15 is 0 Å². The van der Waals surface area contributed by atoms with Crippen molar-refractivity contribution < 1.29 is 9.18 Å². The van der Waals surface area contributed by atoms with E-state index in [1.165, 1.54) is 12.1 Å². The molecule has 3 heteroatoms. The zero-order valence-corrected chi connectivity index (χ0v) is 10.8. The van der Waals surface area contributed by atoms with Gasteiger partial charge in [-0.1, -0.05) is 39.7 Å². The summed E-state index contributed by atoms with van der Waals surface area (Å²) < 4.78 is 13.8. The Kier molecular flexibility index (Phi) is 3.38. The van der Waals surface area contributed by atoms with Crippen LogP contribution in [-0.2, 0) is 0 Å². The van der Waals surface area contributed by atoms with Crippen molar-refractivity contribution in [3.63, 3.8) is 0 Å². The number of benzene rings is 2. The van der Waals surface area contributed by atoms with Crippen LogP contribution >= 0.6 is 15.9 Å². The fraction of sp³-hybridized carbons (Fsp3) is 0.0714. The second-order valence-corrected chi connectivity index (χ2v) is 4.77. The molecule has 0 aliphatic heterocycles. The first-order valence-electron chi connectivity index (χ1n) is 5.14. The molecule has 2 rings (SSSR count). The molecule has 0 saturated carbocycles. The van der Waals surface area contributed by atoms with Crippen LogP contribution in [0.25, 0.3) is 0 Å². The SMILES string of the molecule is Cc1cccc(C(=O)c2cc(F)cc(Br)c2)c1. The van der Waals surface area contributed by atoms with E-state index in [4.69, 9.17) is 0 Å². The van der Waals surface area contributed by atoms with E-state index in [9.17, 15) is 9.18 Å². The summed E-state index contributed by atoms with van der Waals surface area (Å²) in [6, 6.07) is 11.4. The molecule has 17 heavy (non-hydrogen) atoms. The lowest BCUT2D eigenvalue weighted by Crippen LogP contribution is -2.02. The van der Waals surface area contributed by atoms with Gasteiger partial charge in [-0.05, 0) is 31.2 Å². The molecule has 0 saturated heterocycles. The Morgan fingerprint density at radius 2 is 1.88 bits per heavy atom. The number of hydrogen-bond acceptors (Lipinski definition) is 1. The second-order valence-electron chi connectivity index (χ2n) is 3.86. The van der Waals surface area contributed by atoms with Gasteiger partial charge in [-0.25, -0.2) is 4.39 Å². The maximum absolute atomic E-state index is 13.2. The van der Waals surface area contributed by atoms with Crippen LogP contribution in [0.2, 0.25) is 0 Å². The highest BCUT2D eigenvalue weighted by Crippen LogP contribution is 2.18. The third-order valence-corrected chi connectivity index (χ3v) is 2.86. The molecule has 1 nitrogen and oxygen atoms in total. The van der Waals surface area contributed by atoms with Crippen LogP contribution in [-0.4, -0.2) is 5.78 Å². The molecule has 86 valence electrons. The van der Waals surface area contributed by atoms with Crippen molar-refractivity contribution >= 4 is 21.7 Å². The first-order chi connectivity index (χ1) is 8.06. The number of aryl methyl sites for hydroxylation is 1. The standard InChI is InChI=1S/C14H10BrFO/c1-9-3-2-4-10(5-9)14(17)11-6-12(15)8-13(16)7-11/h2-8H,1H3. The Morgan fingerprint density at radius 1 is 1.12 bits per heavy atom. The van der Waals surface area contributed by atoms with Gasteiger partial charge in [0.1, 0.15) is 5.82 Å². The number of ketones is 1. The molecule has 0 radical (unpaired) electrons. The summed E-state index contributed by atoms with van der Waals surface area (Å²) in [5.74, 6) is -0.593. The van der Waals surface area contributed by atoms with Crippen molar-refractivity contribution in [3.05, 3.63) is 69.4 Å². The van der Waals surface area contributed by atoms with Gasteiger partial charge in [0.25, 0.3) is 0 Å². The Morgan fingerprint density at radius 3 is 2.53 bits per heavy atom. The second kappa shape index (κ2) is 4.80. The van der Waals surface area contributed by atoms with Crippen molar-refractivity contribution in [1.82, 2.24) is 0 Å². The lowest BCUT2D eigenvalue weighted by Gasteiger charge is -2.03. The predicted octanol–water partition coefficient (Wildman–Crippen LogP) is 4.13. The minimum atomic E-state index is -0.421. The monoisotopic (exact) mass is 292 g/mol. The number of carbonyl (C=O) groups is 1. The van der Waals surface area contributed by atoms with Crippen molar-refractivity contribution in [2.75, 3.05) is 0 Å². The van der Waals surface area contributed by atoms with Crippen molar-refractivity contribution in [2.24, 2.45) is 0 Å². The van der Waals surface area contributed by atoms with Crippen LogP contribution < -0.4 is 0 Å². The van der Waals surface area contributed by atoms with Crippen LogP contribution in [0.15, 0.2) is 46.9 Å². The molecule has 0 spiro atoms. The first kappa shape index (κ1) is 12.0. The molecule has 2 aromatic rings. The average molecular weight is 293 g/mol. The lowest BCUT2D eigenvalue weighted by atomic mass is 10.0. The molecule has 0 unspecified atom stereocenters. The molecule has 0 bridgehead atoms. The Labute approximate surface area is 107 Å². The zero-order chi connectivity index (χ0) is 12.4. The summed E-state index contributed by atoms with van der Waals surface area (Å²) in [6.07, 6.45) is 0. The molecule has 0 atom stereocenters. The van der Waals surface area contributed by atoms with Gasteiger partial charge < -0.3 is 0 Å². The van der Waals surface area contributed by atoms with E-state index in [-0.39, 0.29) is 5.78 Å². The maximum atomic E-state index is 13.2. The molecule has 0 aliphatic rings. The highest BCUT2D eigenvalue weighted by Gasteiger charge is 2.10. The molecule has 0 fully saturated rings. The number of halogens is 2. The number of hydrogen-bond donors (Lipinski definition) is 0. The molecule has 2 aromatic carbocycles. The summed E-state index contributed by atoms with van der Waals surface area (Å²) in [6.45, 7) is 1.91. The topological polar surface area (TPSA) is 17.1 Å². The van der Waals surface area contributed by atoms with Gasteiger partial charge in [-0.2, -0.15) is 0 Å². The van der Waals surface area contributed by atoms with Crippen LogP contribution in [0.5, 0.6) is 0 Å². The number of carbonyl (C=O) groups excluding carboxylic acids is 1. The van der Waals surface area contributed by atoms with Crippen molar-refractivity contribution in [2.45, 2.75) is 6.92 Å². The smallest absolute Gasteiger partial charge is 0.193 e. The van der Waals surface area contributed by atoms with Gasteiger partial charge in [-0.15, -0.1) is 0 Å². The predicted molar refractivity (Wildman–Crippen MR) is 68.7 cm³/mol. The van der Waals surface area contributed by atoms with Gasteiger partial charge >= 0.3 is 0 Å². The molecule has 0 aromatic heterocycles. The van der Waals surface area contributed by atoms with E-state index < -0.39 is 5.82 Å². The van der Waals surface area contributed by atoms with Crippen LogP contribution in [0.3, 0.4) is 0 Å². The van der Waals surface area contributed by atoms with E-state index in [1.807, 2.05) is 19.1 Å². The molecular formula is C14H10BrFO. The fourth-order valence-electron chi connectivity index (χ4n) is 1.64. The summed E-state index contributed by atoms with van der Waals surface area (Å²) >= 11 is 3.18. The Bertz CT molecular complexity index is 558. The molecule has 0 N–H and O–H groups in total. The van der Waals surface area contributed by atoms with Gasteiger partial charge in [0.05, 0.1) is 0 Å². The third-order valence-electron chi connectivity index (χ3n) is 2.41.